The Balaban J connectivity index is 1.88. The molecule has 0 saturated heterocycles. The minimum absolute atomic E-state index is 0.312. The van der Waals surface area contributed by atoms with Crippen molar-refractivity contribution in [1.29, 1.82) is 0 Å². The van der Waals surface area contributed by atoms with Gasteiger partial charge in [-0.3, -0.25) is 0 Å². The van der Waals surface area contributed by atoms with Crippen molar-refractivity contribution in [3.05, 3.63) is 30.2 Å². The molecule has 0 radical (unpaired) electrons. The van der Waals surface area contributed by atoms with E-state index in [-0.39, 0.29) is 0 Å². The lowest BCUT2D eigenvalue weighted by atomic mass is 9.80. The highest BCUT2D eigenvalue weighted by Crippen LogP contribution is 2.16. The fourth-order valence-corrected chi connectivity index (χ4v) is 1.85. The zero-order valence-corrected chi connectivity index (χ0v) is 13.8. The van der Waals surface area contributed by atoms with Gasteiger partial charge in [-0.1, -0.05) is 12.1 Å². The summed E-state index contributed by atoms with van der Waals surface area (Å²) in [5.41, 5.74) is 0.495. The predicted molar refractivity (Wildman–Crippen MR) is 87.5 cm³/mol. The number of nitrogens with one attached hydrogen (secondary N) is 1. The van der Waals surface area contributed by atoms with E-state index in [2.05, 4.69) is 15.5 Å². The molecule has 0 spiro atoms. The van der Waals surface area contributed by atoms with Crippen LogP contribution in [0.3, 0.4) is 0 Å². The van der Waals surface area contributed by atoms with Crippen molar-refractivity contribution in [3.8, 4) is 11.5 Å². The third-order valence-corrected chi connectivity index (χ3v) is 2.93. The van der Waals surface area contributed by atoms with Crippen molar-refractivity contribution >= 4 is 18.7 Å². The van der Waals surface area contributed by atoms with Gasteiger partial charge in [-0.2, -0.15) is 0 Å². The molecule has 8 nitrogen and oxygen atoms in total. The molecule has 0 fully saturated rings. The van der Waals surface area contributed by atoms with E-state index in [1.54, 1.807) is 45.0 Å². The van der Waals surface area contributed by atoms with Crippen molar-refractivity contribution in [2.45, 2.75) is 32.8 Å². The molecule has 2 rings (SSSR count). The summed E-state index contributed by atoms with van der Waals surface area (Å²) in [4.78, 5) is 11.5. The maximum atomic E-state index is 11.5. The van der Waals surface area contributed by atoms with Gasteiger partial charge in [0, 0.05) is 18.5 Å². The zero-order chi connectivity index (χ0) is 17.7. The van der Waals surface area contributed by atoms with Crippen molar-refractivity contribution in [2.75, 3.05) is 6.54 Å². The highest BCUT2D eigenvalue weighted by molar-refractivity contribution is 6.58. The number of hydrogen-bond donors (Lipinski definition) is 3. The van der Waals surface area contributed by atoms with E-state index in [1.165, 1.54) is 0 Å². The molecule has 0 aliphatic heterocycles. The molecule has 3 N–H and O–H groups in total. The fraction of sp³-hybridized carbons (Fsp3) is 0.400. The van der Waals surface area contributed by atoms with Crippen LogP contribution in [0.5, 0.6) is 0 Å². The Hall–Kier alpha value is -2.39. The van der Waals surface area contributed by atoms with Gasteiger partial charge in [-0.15, -0.1) is 10.2 Å². The summed E-state index contributed by atoms with van der Waals surface area (Å²) in [7, 11) is -1.52. The van der Waals surface area contributed by atoms with Gasteiger partial charge in [-0.25, -0.2) is 4.79 Å². The summed E-state index contributed by atoms with van der Waals surface area (Å²) in [6.45, 7) is 5.68. The van der Waals surface area contributed by atoms with Crippen LogP contribution in [0, 0.1) is 0 Å². The average molecular weight is 333 g/mol. The van der Waals surface area contributed by atoms with Crippen molar-refractivity contribution < 1.29 is 24.0 Å². The number of amides is 1. The second-order valence-corrected chi connectivity index (χ2v) is 6.18. The number of aromatic nitrogens is 2. The Morgan fingerprint density at radius 3 is 2.50 bits per heavy atom. The van der Waals surface area contributed by atoms with Gasteiger partial charge in [0.05, 0.1) is 0 Å². The minimum Gasteiger partial charge on any atom is -0.444 e. The molecule has 1 heterocycles. The first-order chi connectivity index (χ1) is 11.2. The normalized spacial score (nSPS) is 11.2. The van der Waals surface area contributed by atoms with Gasteiger partial charge in [-0.05, 0) is 38.4 Å². The predicted octanol–water partition coefficient (Wildman–Crippen LogP) is 0.484. The van der Waals surface area contributed by atoms with Crippen LogP contribution >= 0.6 is 0 Å². The van der Waals surface area contributed by atoms with Crippen LogP contribution in [0.15, 0.2) is 28.7 Å². The number of carbonyl (C=O) groups is 1. The Labute approximate surface area is 140 Å². The van der Waals surface area contributed by atoms with Gasteiger partial charge in [0.2, 0.25) is 11.8 Å². The van der Waals surface area contributed by atoms with Crippen LogP contribution in [-0.2, 0) is 11.2 Å². The van der Waals surface area contributed by atoms with Gasteiger partial charge in [0.25, 0.3) is 0 Å². The fourth-order valence-electron chi connectivity index (χ4n) is 1.85. The van der Waals surface area contributed by atoms with Gasteiger partial charge < -0.3 is 24.5 Å². The van der Waals surface area contributed by atoms with Crippen LogP contribution in [0.25, 0.3) is 11.5 Å². The molecular formula is C15H20BN3O5. The second-order valence-electron chi connectivity index (χ2n) is 6.18. The lowest BCUT2D eigenvalue weighted by Gasteiger charge is -2.19. The van der Waals surface area contributed by atoms with Gasteiger partial charge in [0.15, 0.2) is 0 Å². The van der Waals surface area contributed by atoms with Gasteiger partial charge in [0.1, 0.15) is 5.60 Å². The van der Waals surface area contributed by atoms with Crippen molar-refractivity contribution in [3.63, 3.8) is 0 Å². The first kappa shape index (κ1) is 18.0. The van der Waals surface area contributed by atoms with E-state index in [9.17, 15) is 4.79 Å². The van der Waals surface area contributed by atoms with E-state index in [4.69, 9.17) is 19.2 Å². The number of hydrogen-bond acceptors (Lipinski definition) is 7. The summed E-state index contributed by atoms with van der Waals surface area (Å²) >= 11 is 0. The van der Waals surface area contributed by atoms with E-state index >= 15 is 0 Å². The molecule has 24 heavy (non-hydrogen) atoms. The summed E-state index contributed by atoms with van der Waals surface area (Å²) in [5.74, 6) is 0.702. The Morgan fingerprint density at radius 1 is 1.25 bits per heavy atom. The van der Waals surface area contributed by atoms with E-state index in [0.717, 1.165) is 0 Å². The third kappa shape index (κ3) is 5.36. The molecule has 0 saturated carbocycles. The molecule has 0 bridgehead atoms. The van der Waals surface area contributed by atoms with Crippen molar-refractivity contribution in [1.82, 2.24) is 15.5 Å². The van der Waals surface area contributed by atoms with Crippen LogP contribution < -0.4 is 10.8 Å². The van der Waals surface area contributed by atoms with Crippen LogP contribution in [0.4, 0.5) is 4.79 Å². The summed E-state index contributed by atoms with van der Waals surface area (Å²) in [6, 6.07) is 6.44. The van der Waals surface area contributed by atoms with Gasteiger partial charge >= 0.3 is 13.2 Å². The molecule has 0 aliphatic rings. The number of nitrogens with zero attached hydrogens (tertiary/aromatic N) is 2. The largest absolute Gasteiger partial charge is 0.488 e. The molecule has 0 atom stereocenters. The Kier molecular flexibility index (Phi) is 5.58. The van der Waals surface area contributed by atoms with Crippen LogP contribution in [0.2, 0.25) is 0 Å². The van der Waals surface area contributed by atoms with E-state index in [1.807, 2.05) is 0 Å². The summed E-state index contributed by atoms with van der Waals surface area (Å²) in [6.07, 6.45) is -0.125. The van der Waals surface area contributed by atoms with Crippen LogP contribution in [-0.4, -0.2) is 45.6 Å². The standard InChI is InChI=1S/C15H20BN3O5/c1-15(2,3)24-14(20)17-9-8-12-18-19-13(23-12)10-4-6-11(7-5-10)16(21)22/h4-7,21-22H,8-9H2,1-3H3,(H,17,20). The lowest BCUT2D eigenvalue weighted by Crippen LogP contribution is -2.33. The van der Waals surface area contributed by atoms with Crippen molar-refractivity contribution in [2.24, 2.45) is 0 Å². The highest BCUT2D eigenvalue weighted by Gasteiger charge is 2.16. The number of ether oxygens (including phenoxy) is 1. The lowest BCUT2D eigenvalue weighted by molar-refractivity contribution is 0.0528. The van der Waals surface area contributed by atoms with E-state index < -0.39 is 18.8 Å². The molecule has 1 aromatic heterocycles. The number of alkyl carbamates (subject to hydrolysis) is 1. The zero-order valence-electron chi connectivity index (χ0n) is 13.8. The second kappa shape index (κ2) is 7.46. The molecule has 9 heteroatoms. The average Bonchev–Trinajstić information content (AvgIpc) is 2.94. The summed E-state index contributed by atoms with van der Waals surface area (Å²) < 4.78 is 10.6. The Bertz CT molecular complexity index is 679. The quantitative estimate of drug-likeness (QED) is 0.681. The molecule has 0 aliphatic carbocycles. The maximum Gasteiger partial charge on any atom is 0.488 e. The minimum atomic E-state index is -1.52. The first-order valence-corrected chi connectivity index (χ1v) is 7.50. The first-order valence-electron chi connectivity index (χ1n) is 7.50. The molecular weight excluding hydrogens is 313 g/mol. The number of rotatable bonds is 5. The highest BCUT2D eigenvalue weighted by atomic mass is 16.6. The topological polar surface area (TPSA) is 118 Å². The SMILES string of the molecule is CC(C)(C)OC(=O)NCCc1nnc(-c2ccc(B(O)O)cc2)o1. The van der Waals surface area contributed by atoms with E-state index in [0.29, 0.717) is 35.8 Å². The molecule has 1 aromatic carbocycles. The molecule has 1 amide bonds. The number of benzene rings is 1. The van der Waals surface area contributed by atoms with Crippen LogP contribution in [0.1, 0.15) is 26.7 Å². The monoisotopic (exact) mass is 333 g/mol. The molecule has 128 valence electrons. The molecule has 2 aromatic rings. The Morgan fingerprint density at radius 2 is 1.92 bits per heavy atom. The smallest absolute Gasteiger partial charge is 0.444 e. The number of carbonyl (C=O) groups excluding carboxylic acids is 1. The molecule has 0 unspecified atom stereocenters. The maximum absolute atomic E-state index is 11.5. The summed E-state index contributed by atoms with van der Waals surface area (Å²) in [5, 5.41) is 28.6. The third-order valence-electron chi connectivity index (χ3n) is 2.93.